The number of ketones is 1. The largest absolute Gasteiger partial charge is 0.382 e. The van der Waals surface area contributed by atoms with Crippen LogP contribution >= 0.6 is 15.9 Å². The number of allylic oxidation sites excluding steroid dienone is 1. The number of halogens is 1. The fourth-order valence-corrected chi connectivity index (χ4v) is 2.58. The van der Waals surface area contributed by atoms with E-state index in [9.17, 15) is 4.79 Å². The standard InChI is InChI=1S/C11H18BrNO/c1-13(2)8-10(12)11(14)9-6-4-3-5-7-9/h8-9H,3-7H2,1-2H3/b10-8-. The average molecular weight is 260 g/mol. The number of hydrogen-bond donors (Lipinski definition) is 0. The number of rotatable bonds is 3. The maximum atomic E-state index is 11.9. The lowest BCUT2D eigenvalue weighted by Crippen LogP contribution is -2.18. The lowest BCUT2D eigenvalue weighted by molar-refractivity contribution is -0.119. The lowest BCUT2D eigenvalue weighted by Gasteiger charge is -2.20. The van der Waals surface area contributed by atoms with Gasteiger partial charge in [-0.3, -0.25) is 4.79 Å². The molecule has 14 heavy (non-hydrogen) atoms. The summed E-state index contributed by atoms with van der Waals surface area (Å²) < 4.78 is 0.717. The number of hydrogen-bond acceptors (Lipinski definition) is 2. The molecule has 0 aliphatic heterocycles. The number of carbonyl (C=O) groups excluding carboxylic acids is 1. The van der Waals surface area contributed by atoms with Crippen LogP contribution in [-0.2, 0) is 4.79 Å². The molecule has 2 nitrogen and oxygen atoms in total. The van der Waals surface area contributed by atoms with E-state index in [-0.39, 0.29) is 11.7 Å². The fourth-order valence-electron chi connectivity index (χ4n) is 1.85. The molecular formula is C11H18BrNO. The first-order valence-corrected chi connectivity index (χ1v) is 5.98. The van der Waals surface area contributed by atoms with Crippen LogP contribution in [0.5, 0.6) is 0 Å². The normalized spacial score (nSPS) is 19.5. The third-order valence-corrected chi connectivity index (χ3v) is 3.18. The van der Waals surface area contributed by atoms with Gasteiger partial charge in [-0.15, -0.1) is 0 Å². The molecule has 0 heterocycles. The van der Waals surface area contributed by atoms with Crippen molar-refractivity contribution in [1.82, 2.24) is 4.90 Å². The molecule has 0 saturated heterocycles. The summed E-state index contributed by atoms with van der Waals surface area (Å²) in [5.41, 5.74) is 0. The third kappa shape index (κ3) is 3.45. The summed E-state index contributed by atoms with van der Waals surface area (Å²) >= 11 is 3.35. The first kappa shape index (κ1) is 11.8. The van der Waals surface area contributed by atoms with Crippen molar-refractivity contribution in [3.8, 4) is 0 Å². The van der Waals surface area contributed by atoms with Crippen LogP contribution in [0.25, 0.3) is 0 Å². The Bertz CT molecular complexity index is 229. The predicted octanol–water partition coefficient (Wildman–Crippen LogP) is 2.93. The van der Waals surface area contributed by atoms with Crippen molar-refractivity contribution in [3.05, 3.63) is 10.7 Å². The molecule has 0 aromatic rings. The molecule has 0 aromatic heterocycles. The van der Waals surface area contributed by atoms with Crippen molar-refractivity contribution in [1.29, 1.82) is 0 Å². The van der Waals surface area contributed by atoms with Gasteiger partial charge in [0.15, 0.2) is 5.78 Å². The molecule has 1 saturated carbocycles. The molecular weight excluding hydrogens is 242 g/mol. The summed E-state index contributed by atoms with van der Waals surface area (Å²) in [6.07, 6.45) is 7.68. The van der Waals surface area contributed by atoms with E-state index in [0.29, 0.717) is 0 Å². The van der Waals surface area contributed by atoms with Gasteiger partial charge in [-0.05, 0) is 28.8 Å². The quantitative estimate of drug-likeness (QED) is 0.727. The average Bonchev–Trinajstić information content (AvgIpc) is 2.17. The molecule has 0 aromatic carbocycles. The highest BCUT2D eigenvalue weighted by atomic mass is 79.9. The minimum Gasteiger partial charge on any atom is -0.382 e. The van der Waals surface area contributed by atoms with Gasteiger partial charge in [0.2, 0.25) is 0 Å². The van der Waals surface area contributed by atoms with E-state index < -0.39 is 0 Å². The van der Waals surface area contributed by atoms with Crippen LogP contribution in [0.1, 0.15) is 32.1 Å². The highest BCUT2D eigenvalue weighted by Crippen LogP contribution is 2.28. The molecule has 0 amide bonds. The van der Waals surface area contributed by atoms with Crippen molar-refractivity contribution in [2.24, 2.45) is 5.92 Å². The van der Waals surface area contributed by atoms with Crippen LogP contribution < -0.4 is 0 Å². The molecule has 0 unspecified atom stereocenters. The molecule has 0 radical (unpaired) electrons. The topological polar surface area (TPSA) is 20.3 Å². The molecule has 0 atom stereocenters. The van der Waals surface area contributed by atoms with Gasteiger partial charge in [0.1, 0.15) is 0 Å². The molecule has 3 heteroatoms. The van der Waals surface area contributed by atoms with Gasteiger partial charge < -0.3 is 4.90 Å². The van der Waals surface area contributed by atoms with E-state index in [2.05, 4.69) is 15.9 Å². The Balaban J connectivity index is 2.54. The Morgan fingerprint density at radius 3 is 2.36 bits per heavy atom. The van der Waals surface area contributed by atoms with E-state index in [1.165, 1.54) is 19.3 Å². The fraction of sp³-hybridized carbons (Fsp3) is 0.727. The Hall–Kier alpha value is -0.310. The van der Waals surface area contributed by atoms with Crippen LogP contribution in [0.3, 0.4) is 0 Å². The van der Waals surface area contributed by atoms with Crippen molar-refractivity contribution in [2.45, 2.75) is 32.1 Å². The maximum Gasteiger partial charge on any atom is 0.174 e. The zero-order valence-corrected chi connectivity index (χ0v) is 10.5. The smallest absolute Gasteiger partial charge is 0.174 e. The second-order valence-electron chi connectivity index (χ2n) is 4.14. The summed E-state index contributed by atoms with van der Waals surface area (Å²) in [5, 5.41) is 0. The second-order valence-corrected chi connectivity index (χ2v) is 4.99. The van der Waals surface area contributed by atoms with Crippen molar-refractivity contribution in [2.75, 3.05) is 14.1 Å². The Kier molecular flexibility index (Phi) is 4.66. The Morgan fingerprint density at radius 2 is 1.86 bits per heavy atom. The molecule has 1 aliphatic rings. The van der Waals surface area contributed by atoms with E-state index in [1.807, 2.05) is 25.2 Å². The van der Waals surface area contributed by atoms with Crippen molar-refractivity contribution < 1.29 is 4.79 Å². The van der Waals surface area contributed by atoms with E-state index in [4.69, 9.17) is 0 Å². The van der Waals surface area contributed by atoms with E-state index >= 15 is 0 Å². The Morgan fingerprint density at radius 1 is 1.29 bits per heavy atom. The monoisotopic (exact) mass is 259 g/mol. The summed E-state index contributed by atoms with van der Waals surface area (Å²) in [4.78, 5) is 13.8. The summed E-state index contributed by atoms with van der Waals surface area (Å²) in [6.45, 7) is 0. The first-order valence-electron chi connectivity index (χ1n) is 5.19. The summed E-state index contributed by atoms with van der Waals surface area (Å²) in [6, 6.07) is 0. The molecule has 1 rings (SSSR count). The van der Waals surface area contributed by atoms with Crippen molar-refractivity contribution in [3.63, 3.8) is 0 Å². The SMILES string of the molecule is CN(C)/C=C(\Br)C(=O)C1CCCCC1. The van der Waals surface area contributed by atoms with E-state index in [0.717, 1.165) is 17.3 Å². The second kappa shape index (κ2) is 5.54. The highest BCUT2D eigenvalue weighted by molar-refractivity contribution is 9.12. The third-order valence-electron chi connectivity index (χ3n) is 2.58. The molecule has 1 fully saturated rings. The minimum absolute atomic E-state index is 0.259. The van der Waals surface area contributed by atoms with Crippen LogP contribution in [0.15, 0.2) is 10.7 Å². The van der Waals surface area contributed by atoms with E-state index in [1.54, 1.807) is 0 Å². The maximum absolute atomic E-state index is 11.9. The predicted molar refractivity (Wildman–Crippen MR) is 62.3 cm³/mol. The number of nitrogens with zero attached hydrogens (tertiary/aromatic N) is 1. The van der Waals surface area contributed by atoms with Gasteiger partial charge >= 0.3 is 0 Å². The van der Waals surface area contributed by atoms with Crippen LogP contribution in [0.4, 0.5) is 0 Å². The molecule has 1 aliphatic carbocycles. The molecule has 0 N–H and O–H groups in total. The highest BCUT2D eigenvalue weighted by Gasteiger charge is 2.22. The van der Waals surface area contributed by atoms with Crippen LogP contribution in [0, 0.1) is 5.92 Å². The number of Topliss-reactive ketones (excluding diaryl/α,β-unsaturated/α-hetero) is 1. The zero-order valence-electron chi connectivity index (χ0n) is 8.92. The van der Waals surface area contributed by atoms with Gasteiger partial charge in [-0.1, -0.05) is 19.3 Å². The molecule has 0 spiro atoms. The van der Waals surface area contributed by atoms with Crippen molar-refractivity contribution >= 4 is 21.7 Å². The minimum atomic E-state index is 0.259. The van der Waals surface area contributed by atoms with Crippen LogP contribution in [-0.4, -0.2) is 24.8 Å². The Labute approximate surface area is 94.5 Å². The lowest BCUT2D eigenvalue weighted by atomic mass is 9.86. The van der Waals surface area contributed by atoms with Gasteiger partial charge in [0, 0.05) is 26.2 Å². The van der Waals surface area contributed by atoms with Gasteiger partial charge in [0.05, 0.1) is 4.48 Å². The molecule has 0 bridgehead atoms. The van der Waals surface area contributed by atoms with Crippen LogP contribution in [0.2, 0.25) is 0 Å². The van der Waals surface area contributed by atoms with Gasteiger partial charge in [-0.25, -0.2) is 0 Å². The molecule has 80 valence electrons. The zero-order chi connectivity index (χ0) is 10.6. The summed E-state index contributed by atoms with van der Waals surface area (Å²) in [5.74, 6) is 0.535. The first-order chi connectivity index (χ1) is 6.61. The number of carbonyl (C=O) groups is 1. The van der Waals surface area contributed by atoms with Gasteiger partial charge in [0.25, 0.3) is 0 Å². The summed E-state index contributed by atoms with van der Waals surface area (Å²) in [7, 11) is 3.85. The van der Waals surface area contributed by atoms with Gasteiger partial charge in [-0.2, -0.15) is 0 Å².